The van der Waals surface area contributed by atoms with Gasteiger partial charge in [0.25, 0.3) is 0 Å². The Morgan fingerprint density at radius 3 is 2.54 bits per heavy atom. The molecule has 2 aromatic rings. The SMILES string of the molecule is CN(C)C(=O)n1cc(NC(=O)C2(C3CCCCC3)COC2)c2c(Br)cccc21. The van der Waals surface area contributed by atoms with Crippen LogP contribution in [0.5, 0.6) is 0 Å². The van der Waals surface area contributed by atoms with Gasteiger partial charge in [0.2, 0.25) is 5.91 Å². The molecule has 150 valence electrons. The minimum Gasteiger partial charge on any atom is -0.379 e. The minimum atomic E-state index is -0.443. The number of benzene rings is 1. The molecule has 1 aromatic carbocycles. The first kappa shape index (κ1) is 19.5. The number of hydrogen-bond acceptors (Lipinski definition) is 3. The smallest absolute Gasteiger partial charge is 0.328 e. The van der Waals surface area contributed by atoms with Crippen molar-refractivity contribution in [2.24, 2.45) is 11.3 Å². The molecule has 1 aliphatic carbocycles. The van der Waals surface area contributed by atoms with Crippen molar-refractivity contribution in [1.29, 1.82) is 0 Å². The number of anilines is 1. The predicted octanol–water partition coefficient (Wildman–Crippen LogP) is 4.47. The van der Waals surface area contributed by atoms with Gasteiger partial charge in [-0.15, -0.1) is 0 Å². The highest BCUT2D eigenvalue weighted by atomic mass is 79.9. The fraction of sp³-hybridized carbons (Fsp3) is 0.524. The second-order valence-corrected chi connectivity index (χ2v) is 9.02. The lowest BCUT2D eigenvalue weighted by Crippen LogP contribution is -2.56. The number of nitrogens with one attached hydrogen (secondary N) is 1. The van der Waals surface area contributed by atoms with E-state index in [1.165, 1.54) is 24.2 Å². The molecule has 1 saturated heterocycles. The Labute approximate surface area is 173 Å². The molecule has 2 fully saturated rings. The van der Waals surface area contributed by atoms with E-state index in [9.17, 15) is 9.59 Å². The molecular weight excluding hydrogens is 422 g/mol. The Morgan fingerprint density at radius 1 is 1.21 bits per heavy atom. The summed E-state index contributed by atoms with van der Waals surface area (Å²) in [6.07, 6.45) is 7.51. The number of hydrogen-bond donors (Lipinski definition) is 1. The molecule has 0 bridgehead atoms. The summed E-state index contributed by atoms with van der Waals surface area (Å²) in [6, 6.07) is 5.55. The fourth-order valence-corrected chi connectivity index (χ4v) is 5.06. The predicted molar refractivity (Wildman–Crippen MR) is 113 cm³/mol. The number of nitrogens with zero attached hydrogens (tertiary/aromatic N) is 2. The van der Waals surface area contributed by atoms with Gasteiger partial charge in [-0.1, -0.05) is 41.3 Å². The van der Waals surface area contributed by atoms with Gasteiger partial charge in [-0.25, -0.2) is 4.79 Å². The van der Waals surface area contributed by atoms with Crippen LogP contribution in [0.4, 0.5) is 10.5 Å². The third kappa shape index (κ3) is 3.14. The zero-order valence-electron chi connectivity index (χ0n) is 16.3. The fourth-order valence-electron chi connectivity index (χ4n) is 4.49. The Bertz CT molecular complexity index is 911. The van der Waals surface area contributed by atoms with Crippen molar-refractivity contribution >= 4 is 44.5 Å². The molecular formula is C21H26BrN3O3. The average molecular weight is 448 g/mol. The molecule has 28 heavy (non-hydrogen) atoms. The lowest BCUT2D eigenvalue weighted by molar-refractivity contribution is -0.172. The van der Waals surface area contributed by atoms with Crippen molar-refractivity contribution in [3.05, 3.63) is 28.9 Å². The van der Waals surface area contributed by atoms with Crippen LogP contribution < -0.4 is 5.32 Å². The van der Waals surface area contributed by atoms with Crippen molar-refractivity contribution in [1.82, 2.24) is 9.47 Å². The van der Waals surface area contributed by atoms with Crippen LogP contribution >= 0.6 is 15.9 Å². The molecule has 6 nitrogen and oxygen atoms in total. The van der Waals surface area contributed by atoms with E-state index in [4.69, 9.17) is 4.74 Å². The molecule has 0 spiro atoms. The molecule has 1 aliphatic heterocycles. The first-order valence-electron chi connectivity index (χ1n) is 9.84. The minimum absolute atomic E-state index is 0.0118. The van der Waals surface area contributed by atoms with E-state index in [-0.39, 0.29) is 11.9 Å². The first-order valence-corrected chi connectivity index (χ1v) is 10.6. The number of amides is 2. The van der Waals surface area contributed by atoms with Gasteiger partial charge in [-0.05, 0) is 30.9 Å². The second kappa shape index (κ2) is 7.52. The maximum Gasteiger partial charge on any atom is 0.328 e. The van der Waals surface area contributed by atoms with Gasteiger partial charge < -0.3 is 15.0 Å². The van der Waals surface area contributed by atoms with Gasteiger partial charge in [0.15, 0.2) is 0 Å². The Hall–Kier alpha value is -1.86. The van der Waals surface area contributed by atoms with Crippen molar-refractivity contribution in [2.45, 2.75) is 32.1 Å². The van der Waals surface area contributed by atoms with Gasteiger partial charge in [-0.2, -0.15) is 0 Å². The van der Waals surface area contributed by atoms with Crippen molar-refractivity contribution in [3.63, 3.8) is 0 Å². The van der Waals surface area contributed by atoms with Gasteiger partial charge in [0.05, 0.1) is 29.8 Å². The molecule has 1 aromatic heterocycles. The largest absolute Gasteiger partial charge is 0.379 e. The van der Waals surface area contributed by atoms with Crippen LogP contribution in [-0.4, -0.2) is 48.7 Å². The summed E-state index contributed by atoms with van der Waals surface area (Å²) in [7, 11) is 3.43. The van der Waals surface area contributed by atoms with Gasteiger partial charge in [-0.3, -0.25) is 9.36 Å². The first-order chi connectivity index (χ1) is 13.4. The van der Waals surface area contributed by atoms with E-state index >= 15 is 0 Å². The van der Waals surface area contributed by atoms with E-state index in [2.05, 4.69) is 21.2 Å². The van der Waals surface area contributed by atoms with E-state index in [1.807, 2.05) is 18.2 Å². The topological polar surface area (TPSA) is 63.6 Å². The van der Waals surface area contributed by atoms with E-state index in [1.54, 1.807) is 24.9 Å². The molecule has 0 atom stereocenters. The highest BCUT2D eigenvalue weighted by Gasteiger charge is 2.51. The Kier molecular flexibility index (Phi) is 5.22. The highest BCUT2D eigenvalue weighted by Crippen LogP contribution is 2.45. The molecule has 2 amide bonds. The van der Waals surface area contributed by atoms with Crippen LogP contribution in [0.1, 0.15) is 32.1 Å². The van der Waals surface area contributed by atoms with E-state index in [0.29, 0.717) is 24.8 Å². The lowest BCUT2D eigenvalue weighted by Gasteiger charge is -2.47. The maximum atomic E-state index is 13.4. The van der Waals surface area contributed by atoms with Crippen LogP contribution in [0.25, 0.3) is 10.9 Å². The number of carbonyl (C=O) groups excluding carboxylic acids is 2. The zero-order chi connectivity index (χ0) is 19.9. The van der Waals surface area contributed by atoms with Crippen LogP contribution in [0, 0.1) is 11.3 Å². The zero-order valence-corrected chi connectivity index (χ0v) is 17.9. The van der Waals surface area contributed by atoms with Crippen LogP contribution in [0.15, 0.2) is 28.9 Å². The third-order valence-electron chi connectivity index (χ3n) is 6.17. The van der Waals surface area contributed by atoms with Crippen molar-refractivity contribution < 1.29 is 14.3 Å². The van der Waals surface area contributed by atoms with Crippen molar-refractivity contribution in [2.75, 3.05) is 32.6 Å². The van der Waals surface area contributed by atoms with E-state index < -0.39 is 5.41 Å². The summed E-state index contributed by atoms with van der Waals surface area (Å²) in [6.45, 7) is 0.972. The number of aromatic nitrogens is 1. The summed E-state index contributed by atoms with van der Waals surface area (Å²) in [5.41, 5.74) is 0.978. The van der Waals surface area contributed by atoms with Crippen LogP contribution in [0.3, 0.4) is 0 Å². The lowest BCUT2D eigenvalue weighted by atomic mass is 9.66. The molecule has 1 saturated carbocycles. The molecule has 2 heterocycles. The van der Waals surface area contributed by atoms with Crippen LogP contribution in [-0.2, 0) is 9.53 Å². The van der Waals surface area contributed by atoms with Gasteiger partial charge >= 0.3 is 6.03 Å². The second-order valence-electron chi connectivity index (χ2n) is 8.16. The number of halogens is 1. The monoisotopic (exact) mass is 447 g/mol. The highest BCUT2D eigenvalue weighted by molar-refractivity contribution is 9.10. The standard InChI is InChI=1S/C21H26BrN3O3/c1-24(2)20(27)25-11-16(18-15(22)9-6-10-17(18)25)23-19(26)21(12-28-13-21)14-7-4-3-5-8-14/h6,9-11,14H,3-5,7-8,12-13H2,1-2H3,(H,23,26). The summed E-state index contributed by atoms with van der Waals surface area (Å²) in [5, 5.41) is 3.98. The Balaban J connectivity index is 1.69. The van der Waals surface area contributed by atoms with Gasteiger partial charge in [0, 0.05) is 30.2 Å². The summed E-state index contributed by atoms with van der Waals surface area (Å²) >= 11 is 3.58. The van der Waals surface area contributed by atoms with Gasteiger partial charge in [0.1, 0.15) is 0 Å². The molecule has 1 N–H and O–H groups in total. The molecule has 4 rings (SSSR count). The summed E-state index contributed by atoms with van der Waals surface area (Å²) < 4.78 is 7.93. The number of rotatable bonds is 3. The normalized spacial score (nSPS) is 19.2. The molecule has 0 radical (unpaired) electrons. The third-order valence-corrected chi connectivity index (χ3v) is 6.83. The molecule has 2 aliphatic rings. The number of carbonyl (C=O) groups is 2. The number of fused-ring (bicyclic) bond motifs is 1. The van der Waals surface area contributed by atoms with Crippen molar-refractivity contribution in [3.8, 4) is 0 Å². The maximum absolute atomic E-state index is 13.4. The van der Waals surface area contributed by atoms with E-state index in [0.717, 1.165) is 28.2 Å². The Morgan fingerprint density at radius 2 is 1.93 bits per heavy atom. The number of ether oxygens (including phenoxy) is 1. The quantitative estimate of drug-likeness (QED) is 0.754. The molecule has 0 unspecified atom stereocenters. The summed E-state index contributed by atoms with van der Waals surface area (Å²) in [5.74, 6) is 0.382. The summed E-state index contributed by atoms with van der Waals surface area (Å²) in [4.78, 5) is 27.5. The van der Waals surface area contributed by atoms with Crippen LogP contribution in [0.2, 0.25) is 0 Å². The molecule has 7 heteroatoms. The average Bonchev–Trinajstić information content (AvgIpc) is 3.00.